The van der Waals surface area contributed by atoms with Crippen molar-refractivity contribution >= 4 is 33.7 Å². The molecule has 0 aliphatic rings. The molecule has 0 aromatic heterocycles. The van der Waals surface area contributed by atoms with Crippen LogP contribution < -0.4 is 0 Å². The van der Waals surface area contributed by atoms with Crippen LogP contribution in [-0.2, 0) is 19.1 Å². The van der Waals surface area contributed by atoms with E-state index in [2.05, 4.69) is 15.9 Å². The first-order valence-corrected chi connectivity index (χ1v) is 8.77. The zero-order valence-corrected chi connectivity index (χ0v) is 16.1. The van der Waals surface area contributed by atoms with Gasteiger partial charge in [0.05, 0.1) is 14.2 Å². The molecule has 0 bridgehead atoms. The van der Waals surface area contributed by atoms with Gasteiger partial charge in [0.25, 0.3) is 0 Å². The molecule has 0 radical (unpaired) electrons. The van der Waals surface area contributed by atoms with Crippen molar-refractivity contribution in [1.82, 2.24) is 0 Å². The molecule has 0 amide bonds. The predicted octanol–water partition coefficient (Wildman–Crippen LogP) is 3.77. The first-order chi connectivity index (χ1) is 12.5. The standard InChI is InChI=1S/C20H19BrO5/c1-25-19(23)18(20(24)26-2)15(13-8-4-3-5-9-13)12-17(22)14-10-6-7-11-16(14)21/h3-11,15,18H,12H2,1-2H3/t15-/m1/s1. The summed E-state index contributed by atoms with van der Waals surface area (Å²) in [6.07, 6.45) is -0.0402. The van der Waals surface area contributed by atoms with E-state index in [0.29, 0.717) is 15.6 Å². The lowest BCUT2D eigenvalue weighted by molar-refractivity contribution is -0.159. The first kappa shape index (κ1) is 19.8. The van der Waals surface area contributed by atoms with E-state index in [9.17, 15) is 14.4 Å². The summed E-state index contributed by atoms with van der Waals surface area (Å²) in [5.74, 6) is -3.57. The Hall–Kier alpha value is -2.47. The molecule has 0 N–H and O–H groups in total. The Morgan fingerprint density at radius 3 is 1.96 bits per heavy atom. The van der Waals surface area contributed by atoms with Gasteiger partial charge in [-0.05, 0) is 11.6 Å². The molecular weight excluding hydrogens is 400 g/mol. The highest BCUT2D eigenvalue weighted by Gasteiger charge is 2.39. The van der Waals surface area contributed by atoms with Gasteiger partial charge in [-0.25, -0.2) is 0 Å². The molecule has 0 heterocycles. The number of Topliss-reactive ketones (excluding diaryl/α,β-unsaturated/α-hetero) is 1. The van der Waals surface area contributed by atoms with Gasteiger partial charge in [0.2, 0.25) is 0 Å². The lowest BCUT2D eigenvalue weighted by atomic mass is 9.81. The van der Waals surface area contributed by atoms with Crippen LogP contribution in [-0.4, -0.2) is 31.9 Å². The van der Waals surface area contributed by atoms with E-state index in [1.807, 2.05) is 6.07 Å². The molecule has 0 aliphatic carbocycles. The molecule has 26 heavy (non-hydrogen) atoms. The van der Waals surface area contributed by atoms with Crippen LogP contribution in [0.1, 0.15) is 28.3 Å². The summed E-state index contributed by atoms with van der Waals surface area (Å²) in [7, 11) is 2.41. The molecule has 2 rings (SSSR count). The van der Waals surface area contributed by atoms with Crippen LogP contribution in [0.25, 0.3) is 0 Å². The number of benzene rings is 2. The fraction of sp³-hybridized carbons (Fsp3) is 0.250. The molecule has 0 aliphatic heterocycles. The van der Waals surface area contributed by atoms with E-state index in [-0.39, 0.29) is 12.2 Å². The quantitative estimate of drug-likeness (QED) is 0.388. The second-order valence-electron chi connectivity index (χ2n) is 5.65. The van der Waals surface area contributed by atoms with Crippen LogP contribution in [0.5, 0.6) is 0 Å². The number of ether oxygens (including phenoxy) is 2. The average Bonchev–Trinajstić information content (AvgIpc) is 2.67. The number of esters is 2. The lowest BCUT2D eigenvalue weighted by Crippen LogP contribution is -2.33. The highest BCUT2D eigenvalue weighted by molar-refractivity contribution is 9.10. The van der Waals surface area contributed by atoms with Crippen LogP contribution in [0.2, 0.25) is 0 Å². The summed E-state index contributed by atoms with van der Waals surface area (Å²) >= 11 is 3.36. The molecule has 0 unspecified atom stereocenters. The smallest absolute Gasteiger partial charge is 0.320 e. The van der Waals surface area contributed by atoms with E-state index in [4.69, 9.17) is 9.47 Å². The summed E-state index contributed by atoms with van der Waals surface area (Å²) in [4.78, 5) is 37.4. The maximum atomic E-state index is 12.8. The lowest BCUT2D eigenvalue weighted by Gasteiger charge is -2.23. The van der Waals surface area contributed by atoms with Gasteiger partial charge in [-0.15, -0.1) is 0 Å². The highest BCUT2D eigenvalue weighted by atomic mass is 79.9. The Morgan fingerprint density at radius 2 is 1.42 bits per heavy atom. The van der Waals surface area contributed by atoms with Gasteiger partial charge in [-0.3, -0.25) is 14.4 Å². The van der Waals surface area contributed by atoms with Crippen molar-refractivity contribution in [2.24, 2.45) is 5.92 Å². The van der Waals surface area contributed by atoms with E-state index in [1.165, 1.54) is 14.2 Å². The van der Waals surface area contributed by atoms with Gasteiger partial charge in [0.15, 0.2) is 11.7 Å². The van der Waals surface area contributed by atoms with Crippen molar-refractivity contribution < 1.29 is 23.9 Å². The van der Waals surface area contributed by atoms with Crippen molar-refractivity contribution in [1.29, 1.82) is 0 Å². The van der Waals surface area contributed by atoms with Crippen LogP contribution in [0.15, 0.2) is 59.1 Å². The number of carbonyl (C=O) groups is 3. The average molecular weight is 419 g/mol. The monoisotopic (exact) mass is 418 g/mol. The van der Waals surface area contributed by atoms with E-state index < -0.39 is 23.8 Å². The summed E-state index contributed by atoms with van der Waals surface area (Å²) in [5, 5.41) is 0. The van der Waals surface area contributed by atoms with E-state index in [0.717, 1.165) is 0 Å². The van der Waals surface area contributed by atoms with Gasteiger partial charge in [-0.2, -0.15) is 0 Å². The highest BCUT2D eigenvalue weighted by Crippen LogP contribution is 2.32. The van der Waals surface area contributed by atoms with Gasteiger partial charge in [0.1, 0.15) is 0 Å². The molecule has 0 spiro atoms. The molecule has 0 saturated heterocycles. The Morgan fingerprint density at radius 1 is 0.885 bits per heavy atom. The Kier molecular flexibility index (Phi) is 7.09. The van der Waals surface area contributed by atoms with Crippen LogP contribution in [0.4, 0.5) is 0 Å². The fourth-order valence-electron chi connectivity index (χ4n) is 2.80. The number of methoxy groups -OCH3 is 2. The number of rotatable bonds is 7. The normalized spacial score (nSPS) is 11.7. The second kappa shape index (κ2) is 9.29. The Balaban J connectivity index is 2.44. The third-order valence-corrected chi connectivity index (χ3v) is 4.81. The maximum Gasteiger partial charge on any atom is 0.320 e. The minimum atomic E-state index is -1.22. The number of halogens is 1. The summed E-state index contributed by atoms with van der Waals surface area (Å²) in [6, 6.07) is 16.0. The molecule has 0 saturated carbocycles. The number of hydrogen-bond donors (Lipinski definition) is 0. The molecule has 136 valence electrons. The maximum absolute atomic E-state index is 12.8. The van der Waals surface area contributed by atoms with E-state index >= 15 is 0 Å². The topological polar surface area (TPSA) is 69.7 Å². The van der Waals surface area contributed by atoms with Crippen LogP contribution >= 0.6 is 15.9 Å². The predicted molar refractivity (Wildman–Crippen MR) is 99.8 cm³/mol. The first-order valence-electron chi connectivity index (χ1n) is 7.98. The van der Waals surface area contributed by atoms with Crippen LogP contribution in [0.3, 0.4) is 0 Å². The molecule has 2 aromatic carbocycles. The summed E-state index contributed by atoms with van der Waals surface area (Å²) in [5.41, 5.74) is 1.18. The van der Waals surface area contributed by atoms with Gasteiger partial charge in [0, 0.05) is 22.4 Å². The number of ketones is 1. The van der Waals surface area contributed by atoms with E-state index in [1.54, 1.807) is 48.5 Å². The zero-order valence-electron chi connectivity index (χ0n) is 14.5. The van der Waals surface area contributed by atoms with Crippen molar-refractivity contribution in [2.75, 3.05) is 14.2 Å². The van der Waals surface area contributed by atoms with Gasteiger partial charge < -0.3 is 9.47 Å². The molecular formula is C20H19BrO5. The minimum Gasteiger partial charge on any atom is -0.468 e. The zero-order chi connectivity index (χ0) is 19.1. The second-order valence-corrected chi connectivity index (χ2v) is 6.50. The molecule has 0 fully saturated rings. The van der Waals surface area contributed by atoms with Gasteiger partial charge >= 0.3 is 11.9 Å². The molecule has 5 nitrogen and oxygen atoms in total. The Bertz CT molecular complexity index is 772. The fourth-order valence-corrected chi connectivity index (χ4v) is 3.31. The van der Waals surface area contributed by atoms with Gasteiger partial charge in [-0.1, -0.05) is 64.5 Å². The largest absolute Gasteiger partial charge is 0.468 e. The third-order valence-electron chi connectivity index (χ3n) is 4.12. The number of hydrogen-bond acceptors (Lipinski definition) is 5. The molecule has 6 heteroatoms. The van der Waals surface area contributed by atoms with Crippen molar-refractivity contribution in [3.63, 3.8) is 0 Å². The van der Waals surface area contributed by atoms with Crippen molar-refractivity contribution in [2.45, 2.75) is 12.3 Å². The number of carbonyl (C=O) groups excluding carboxylic acids is 3. The Labute approximate surface area is 160 Å². The minimum absolute atomic E-state index is 0.0402. The van der Waals surface area contributed by atoms with Crippen molar-refractivity contribution in [3.8, 4) is 0 Å². The molecule has 1 atom stereocenters. The third kappa shape index (κ3) is 4.58. The van der Waals surface area contributed by atoms with Crippen molar-refractivity contribution in [3.05, 3.63) is 70.2 Å². The summed E-state index contributed by atoms with van der Waals surface area (Å²) in [6.45, 7) is 0. The summed E-state index contributed by atoms with van der Waals surface area (Å²) < 4.78 is 10.2. The van der Waals surface area contributed by atoms with Crippen LogP contribution in [0, 0.1) is 5.92 Å². The molecule has 2 aromatic rings. The SMILES string of the molecule is COC(=O)C(C(=O)OC)[C@H](CC(=O)c1ccccc1Br)c1ccccc1.